The number of amides is 1. The molecular weight excluding hydrogens is 292 g/mol. The Morgan fingerprint density at radius 2 is 2.00 bits per heavy atom. The van der Waals surface area contributed by atoms with Crippen LogP contribution in [0.4, 0.5) is 20.2 Å². The van der Waals surface area contributed by atoms with Crippen molar-refractivity contribution in [2.75, 3.05) is 23.3 Å². The zero-order chi connectivity index (χ0) is 15.7. The van der Waals surface area contributed by atoms with Crippen molar-refractivity contribution >= 4 is 28.7 Å². The van der Waals surface area contributed by atoms with Gasteiger partial charge in [-0.25, -0.2) is 13.8 Å². The lowest BCUT2D eigenvalue weighted by Crippen LogP contribution is -2.39. The Bertz CT molecular complexity index is 711. The maximum absolute atomic E-state index is 13.3. The van der Waals surface area contributed by atoms with E-state index in [-0.39, 0.29) is 31.8 Å². The highest BCUT2D eigenvalue weighted by Gasteiger charge is 2.34. The predicted molar refractivity (Wildman–Crippen MR) is 79.5 cm³/mol. The summed E-state index contributed by atoms with van der Waals surface area (Å²) in [4.78, 5) is 16.6. The van der Waals surface area contributed by atoms with Gasteiger partial charge in [0.15, 0.2) is 0 Å². The maximum atomic E-state index is 13.3. The monoisotopic (exact) mass is 307 g/mol. The SMILES string of the molecule is O=CNc1cc(N2CCC(F)(F)CC2)c2nc(O)ccc2c1. The molecule has 1 amide bonds. The number of nitrogens with one attached hydrogen (secondary N) is 1. The molecule has 2 aromatic rings. The fourth-order valence-electron chi connectivity index (χ4n) is 2.67. The summed E-state index contributed by atoms with van der Waals surface area (Å²) in [5, 5.41) is 12.9. The molecule has 0 bridgehead atoms. The van der Waals surface area contributed by atoms with Crippen LogP contribution >= 0.6 is 0 Å². The number of halogens is 2. The van der Waals surface area contributed by atoms with Gasteiger partial charge in [-0.3, -0.25) is 4.79 Å². The molecule has 0 radical (unpaired) electrons. The van der Waals surface area contributed by atoms with Gasteiger partial charge in [-0.2, -0.15) is 0 Å². The molecule has 5 nitrogen and oxygen atoms in total. The van der Waals surface area contributed by atoms with Gasteiger partial charge in [0.1, 0.15) is 0 Å². The molecule has 22 heavy (non-hydrogen) atoms. The quantitative estimate of drug-likeness (QED) is 0.856. The number of fused-ring (bicyclic) bond motifs is 1. The Kier molecular flexibility index (Phi) is 3.56. The molecule has 1 aromatic heterocycles. The second kappa shape index (κ2) is 5.40. The summed E-state index contributed by atoms with van der Waals surface area (Å²) in [5.41, 5.74) is 1.72. The minimum Gasteiger partial charge on any atom is -0.493 e. The number of carbonyl (C=O) groups excluding carboxylic acids is 1. The molecule has 1 aliphatic rings. The lowest BCUT2D eigenvalue weighted by atomic mass is 10.0. The van der Waals surface area contributed by atoms with Crippen LogP contribution in [0.25, 0.3) is 10.9 Å². The first-order chi connectivity index (χ1) is 10.5. The number of pyridine rings is 1. The summed E-state index contributed by atoms with van der Waals surface area (Å²) in [6, 6.07) is 6.53. The van der Waals surface area contributed by atoms with E-state index in [0.29, 0.717) is 23.3 Å². The third-order valence-electron chi connectivity index (χ3n) is 3.82. The van der Waals surface area contributed by atoms with Crippen LogP contribution in [0.3, 0.4) is 0 Å². The second-order valence-electron chi connectivity index (χ2n) is 5.34. The molecule has 3 rings (SSSR count). The van der Waals surface area contributed by atoms with E-state index in [2.05, 4.69) is 10.3 Å². The summed E-state index contributed by atoms with van der Waals surface area (Å²) in [6.45, 7) is 0.397. The van der Waals surface area contributed by atoms with Gasteiger partial charge in [0.2, 0.25) is 12.3 Å². The summed E-state index contributed by atoms with van der Waals surface area (Å²) in [5.74, 6) is -2.77. The normalized spacial score (nSPS) is 17.5. The van der Waals surface area contributed by atoms with E-state index in [1.165, 1.54) is 6.07 Å². The molecule has 0 spiro atoms. The van der Waals surface area contributed by atoms with Crippen LogP contribution in [-0.4, -0.2) is 35.5 Å². The highest BCUT2D eigenvalue weighted by molar-refractivity contribution is 5.96. The number of alkyl halides is 2. The van der Waals surface area contributed by atoms with E-state index >= 15 is 0 Å². The van der Waals surface area contributed by atoms with Gasteiger partial charge >= 0.3 is 0 Å². The fourth-order valence-corrected chi connectivity index (χ4v) is 2.67. The lowest BCUT2D eigenvalue weighted by molar-refractivity contribution is -0.105. The lowest BCUT2D eigenvalue weighted by Gasteiger charge is -2.34. The number of aromatic hydroxyl groups is 1. The molecule has 1 fully saturated rings. The molecule has 0 saturated carbocycles. The number of hydrogen-bond donors (Lipinski definition) is 2. The number of carbonyl (C=O) groups is 1. The van der Waals surface area contributed by atoms with Crippen molar-refractivity contribution in [3.05, 3.63) is 24.3 Å². The Balaban J connectivity index is 2.06. The van der Waals surface area contributed by atoms with E-state index in [1.807, 2.05) is 4.90 Å². The summed E-state index contributed by atoms with van der Waals surface area (Å²) < 4.78 is 26.7. The number of piperidine rings is 1. The number of rotatable bonds is 3. The van der Waals surface area contributed by atoms with Crippen LogP contribution in [-0.2, 0) is 4.79 Å². The van der Waals surface area contributed by atoms with Crippen LogP contribution in [0, 0.1) is 0 Å². The summed E-state index contributed by atoms with van der Waals surface area (Å²) in [6.07, 6.45) is 0.112. The molecule has 2 heterocycles. The first-order valence-electron chi connectivity index (χ1n) is 6.95. The Labute approximate surface area is 125 Å². The van der Waals surface area contributed by atoms with Gasteiger partial charge in [-0.05, 0) is 18.2 Å². The van der Waals surface area contributed by atoms with Crippen molar-refractivity contribution in [3.8, 4) is 5.88 Å². The highest BCUT2D eigenvalue weighted by atomic mass is 19.3. The van der Waals surface area contributed by atoms with E-state index < -0.39 is 5.92 Å². The number of anilines is 2. The average molecular weight is 307 g/mol. The zero-order valence-electron chi connectivity index (χ0n) is 11.7. The van der Waals surface area contributed by atoms with Gasteiger partial charge < -0.3 is 15.3 Å². The fraction of sp³-hybridized carbons (Fsp3) is 0.333. The first-order valence-corrected chi connectivity index (χ1v) is 6.95. The van der Waals surface area contributed by atoms with Crippen molar-refractivity contribution in [1.29, 1.82) is 0 Å². The maximum Gasteiger partial charge on any atom is 0.251 e. The van der Waals surface area contributed by atoms with Crippen LogP contribution in [0.5, 0.6) is 5.88 Å². The van der Waals surface area contributed by atoms with Crippen molar-refractivity contribution in [3.63, 3.8) is 0 Å². The Hall–Kier alpha value is -2.44. The molecule has 2 N–H and O–H groups in total. The molecule has 116 valence electrons. The van der Waals surface area contributed by atoms with E-state index in [0.717, 1.165) is 5.39 Å². The topological polar surface area (TPSA) is 65.5 Å². The molecule has 1 aromatic carbocycles. The number of nitrogens with zero attached hydrogens (tertiary/aromatic N) is 2. The molecule has 0 aliphatic carbocycles. The van der Waals surface area contributed by atoms with Crippen LogP contribution in [0.1, 0.15) is 12.8 Å². The molecule has 7 heteroatoms. The smallest absolute Gasteiger partial charge is 0.251 e. The van der Waals surface area contributed by atoms with E-state index in [1.54, 1.807) is 18.2 Å². The Morgan fingerprint density at radius 1 is 1.27 bits per heavy atom. The van der Waals surface area contributed by atoms with Crippen molar-refractivity contribution in [2.24, 2.45) is 0 Å². The van der Waals surface area contributed by atoms with Crippen molar-refractivity contribution in [2.45, 2.75) is 18.8 Å². The molecule has 1 saturated heterocycles. The molecule has 0 atom stereocenters. The Morgan fingerprint density at radius 3 is 2.68 bits per heavy atom. The summed E-state index contributed by atoms with van der Waals surface area (Å²) >= 11 is 0. The van der Waals surface area contributed by atoms with Gasteiger partial charge in [0.05, 0.1) is 11.2 Å². The first kappa shape index (κ1) is 14.5. The van der Waals surface area contributed by atoms with Crippen LogP contribution in [0.15, 0.2) is 24.3 Å². The van der Waals surface area contributed by atoms with Crippen LogP contribution < -0.4 is 10.2 Å². The summed E-state index contributed by atoms with van der Waals surface area (Å²) in [7, 11) is 0. The van der Waals surface area contributed by atoms with E-state index in [4.69, 9.17) is 0 Å². The standard InChI is InChI=1S/C15H15F2N3O2/c16-15(17)3-5-20(6-4-15)12-8-11(18-9-21)7-10-1-2-13(22)19-14(10)12/h1-2,7-9H,3-6H2,(H,18,21)(H,19,22). The minimum absolute atomic E-state index is 0.132. The predicted octanol–water partition coefficient (Wildman–Crippen LogP) is 2.74. The van der Waals surface area contributed by atoms with Gasteiger partial charge in [-0.1, -0.05) is 0 Å². The molecule has 1 aliphatic heterocycles. The molecule has 0 unspecified atom stereocenters. The largest absolute Gasteiger partial charge is 0.493 e. The molecular formula is C15H15F2N3O2. The van der Waals surface area contributed by atoms with Crippen LogP contribution in [0.2, 0.25) is 0 Å². The van der Waals surface area contributed by atoms with Crippen molar-refractivity contribution in [1.82, 2.24) is 4.98 Å². The van der Waals surface area contributed by atoms with Gasteiger partial charge in [-0.15, -0.1) is 0 Å². The third-order valence-corrected chi connectivity index (χ3v) is 3.82. The number of benzene rings is 1. The van der Waals surface area contributed by atoms with E-state index in [9.17, 15) is 18.7 Å². The zero-order valence-corrected chi connectivity index (χ0v) is 11.7. The second-order valence-corrected chi connectivity index (χ2v) is 5.34. The average Bonchev–Trinajstić information content (AvgIpc) is 2.47. The highest BCUT2D eigenvalue weighted by Crippen LogP contribution is 2.35. The van der Waals surface area contributed by atoms with Crippen molar-refractivity contribution < 1.29 is 18.7 Å². The van der Waals surface area contributed by atoms with Gasteiger partial charge in [0, 0.05) is 43.1 Å². The van der Waals surface area contributed by atoms with Gasteiger partial charge in [0.25, 0.3) is 5.92 Å². The minimum atomic E-state index is -2.64. The number of hydrogen-bond acceptors (Lipinski definition) is 4. The number of aromatic nitrogens is 1. The third kappa shape index (κ3) is 2.79.